The first-order valence-electron chi connectivity index (χ1n) is 7.03. The quantitative estimate of drug-likeness (QED) is 0.576. The largest absolute Gasteiger partial charge is 0.465 e. The van der Waals surface area contributed by atoms with Gasteiger partial charge in [0.2, 0.25) is 0 Å². The molecule has 0 aromatic heterocycles. The van der Waals surface area contributed by atoms with Gasteiger partial charge >= 0.3 is 11.9 Å². The SMILES string of the molecule is CCOC(=O)C(Br)C1CCN(OC(=O)C(C)(C)C)CC1. The number of alkyl halides is 1. The third-order valence-electron chi connectivity index (χ3n) is 3.25. The van der Waals surface area contributed by atoms with Gasteiger partial charge < -0.3 is 9.57 Å². The highest BCUT2D eigenvalue weighted by molar-refractivity contribution is 9.10. The Balaban J connectivity index is 2.40. The molecule has 0 radical (unpaired) electrons. The predicted molar refractivity (Wildman–Crippen MR) is 79.2 cm³/mol. The molecule has 1 saturated heterocycles. The molecule has 20 heavy (non-hydrogen) atoms. The molecule has 0 spiro atoms. The number of hydrogen-bond donors (Lipinski definition) is 0. The average Bonchev–Trinajstić information content (AvgIpc) is 2.38. The molecule has 1 atom stereocenters. The molecule has 1 rings (SSSR count). The van der Waals surface area contributed by atoms with E-state index >= 15 is 0 Å². The zero-order chi connectivity index (χ0) is 15.3. The second-order valence-corrected chi connectivity index (χ2v) is 7.04. The number of piperidine rings is 1. The first kappa shape index (κ1) is 17.4. The molecule has 0 amide bonds. The molecule has 1 aliphatic heterocycles. The Morgan fingerprint density at radius 2 is 1.85 bits per heavy atom. The summed E-state index contributed by atoms with van der Waals surface area (Å²) in [5.74, 6) is -0.215. The highest BCUT2D eigenvalue weighted by Gasteiger charge is 2.33. The normalized spacial score (nSPS) is 19.4. The average molecular weight is 350 g/mol. The molecule has 0 N–H and O–H groups in total. The molecule has 6 heteroatoms. The van der Waals surface area contributed by atoms with Gasteiger partial charge in [0.25, 0.3) is 0 Å². The van der Waals surface area contributed by atoms with Crippen LogP contribution < -0.4 is 0 Å². The van der Waals surface area contributed by atoms with Crippen LogP contribution in [0.25, 0.3) is 0 Å². The molecule has 0 aromatic rings. The van der Waals surface area contributed by atoms with Crippen LogP contribution >= 0.6 is 15.9 Å². The maximum Gasteiger partial charge on any atom is 0.330 e. The number of halogens is 1. The highest BCUT2D eigenvalue weighted by Crippen LogP contribution is 2.27. The van der Waals surface area contributed by atoms with E-state index in [4.69, 9.17) is 9.57 Å². The molecule has 1 unspecified atom stereocenters. The van der Waals surface area contributed by atoms with Gasteiger partial charge in [-0.05, 0) is 46.5 Å². The smallest absolute Gasteiger partial charge is 0.330 e. The number of carbonyl (C=O) groups is 2. The lowest BCUT2D eigenvalue weighted by atomic mass is 9.94. The van der Waals surface area contributed by atoms with Crippen molar-refractivity contribution in [3.8, 4) is 0 Å². The fourth-order valence-corrected chi connectivity index (χ4v) is 2.59. The lowest BCUT2D eigenvalue weighted by Gasteiger charge is -2.33. The van der Waals surface area contributed by atoms with Crippen molar-refractivity contribution >= 4 is 27.9 Å². The monoisotopic (exact) mass is 349 g/mol. The van der Waals surface area contributed by atoms with Gasteiger partial charge in [0.15, 0.2) is 0 Å². The minimum Gasteiger partial charge on any atom is -0.465 e. The molecule has 1 fully saturated rings. The van der Waals surface area contributed by atoms with E-state index in [9.17, 15) is 9.59 Å². The van der Waals surface area contributed by atoms with Crippen molar-refractivity contribution in [2.75, 3.05) is 19.7 Å². The summed E-state index contributed by atoms with van der Waals surface area (Å²) in [5, 5.41) is 1.69. The van der Waals surface area contributed by atoms with Gasteiger partial charge in [-0.25, -0.2) is 4.79 Å². The molecule has 5 nitrogen and oxygen atoms in total. The molecule has 0 aromatic carbocycles. The van der Waals surface area contributed by atoms with E-state index in [1.165, 1.54) is 0 Å². The zero-order valence-corrected chi connectivity index (χ0v) is 14.2. The molecular formula is C14H24BrNO4. The fourth-order valence-electron chi connectivity index (χ4n) is 1.93. The summed E-state index contributed by atoms with van der Waals surface area (Å²) in [6.45, 7) is 8.98. The Morgan fingerprint density at radius 1 is 1.30 bits per heavy atom. The van der Waals surface area contributed by atoms with E-state index in [1.54, 1.807) is 12.0 Å². The predicted octanol–water partition coefficient (Wildman–Crippen LogP) is 2.53. The van der Waals surface area contributed by atoms with Gasteiger partial charge in [-0.2, -0.15) is 0 Å². The third-order valence-corrected chi connectivity index (χ3v) is 4.37. The number of nitrogens with zero attached hydrogens (tertiary/aromatic N) is 1. The third kappa shape index (κ3) is 5.05. The highest BCUT2D eigenvalue weighted by atomic mass is 79.9. The van der Waals surface area contributed by atoms with Gasteiger partial charge in [-0.3, -0.25) is 4.79 Å². The van der Waals surface area contributed by atoms with Gasteiger partial charge in [0.05, 0.1) is 12.0 Å². The van der Waals surface area contributed by atoms with Crippen LogP contribution in [0.4, 0.5) is 0 Å². The first-order valence-corrected chi connectivity index (χ1v) is 7.95. The summed E-state index contributed by atoms with van der Waals surface area (Å²) in [6.07, 6.45) is 1.60. The second kappa shape index (κ2) is 7.41. The Kier molecular flexibility index (Phi) is 6.45. The minimum absolute atomic E-state index is 0.211. The fraction of sp³-hybridized carbons (Fsp3) is 0.857. The van der Waals surface area contributed by atoms with E-state index in [0.717, 1.165) is 12.8 Å². The topological polar surface area (TPSA) is 55.8 Å². The summed E-state index contributed by atoms with van der Waals surface area (Å²) < 4.78 is 5.01. The molecular weight excluding hydrogens is 326 g/mol. The van der Waals surface area contributed by atoms with Gasteiger partial charge in [0.1, 0.15) is 4.83 Å². The number of hydrogen-bond acceptors (Lipinski definition) is 5. The number of ether oxygens (including phenoxy) is 1. The van der Waals surface area contributed by atoms with Crippen molar-refractivity contribution in [1.29, 1.82) is 0 Å². The number of esters is 1. The lowest BCUT2D eigenvalue weighted by Crippen LogP contribution is -2.41. The van der Waals surface area contributed by atoms with Crippen molar-refractivity contribution < 1.29 is 19.2 Å². The van der Waals surface area contributed by atoms with Crippen LogP contribution in [0, 0.1) is 11.3 Å². The Hall–Kier alpha value is -0.620. The van der Waals surface area contributed by atoms with Gasteiger partial charge in [0, 0.05) is 13.1 Å². The Bertz CT molecular complexity index is 346. The minimum atomic E-state index is -0.500. The van der Waals surface area contributed by atoms with E-state index in [0.29, 0.717) is 19.7 Å². The van der Waals surface area contributed by atoms with Crippen LogP contribution in [0.15, 0.2) is 0 Å². The standard InChI is InChI=1S/C14H24BrNO4/c1-5-19-12(17)11(15)10-6-8-16(9-7-10)20-13(18)14(2,3)4/h10-11H,5-9H2,1-4H3. The van der Waals surface area contributed by atoms with E-state index in [-0.39, 0.29) is 22.7 Å². The zero-order valence-electron chi connectivity index (χ0n) is 12.6. The van der Waals surface area contributed by atoms with E-state index < -0.39 is 5.41 Å². The van der Waals surface area contributed by atoms with Crippen molar-refractivity contribution in [2.24, 2.45) is 11.3 Å². The van der Waals surface area contributed by atoms with Crippen LogP contribution in [-0.4, -0.2) is 41.5 Å². The first-order chi connectivity index (χ1) is 9.25. The summed E-state index contributed by atoms with van der Waals surface area (Å²) in [6, 6.07) is 0. The summed E-state index contributed by atoms with van der Waals surface area (Å²) in [7, 11) is 0. The molecule has 0 saturated carbocycles. The molecule has 0 aliphatic carbocycles. The number of carbonyl (C=O) groups excluding carboxylic acids is 2. The maximum absolute atomic E-state index is 11.8. The van der Waals surface area contributed by atoms with Crippen molar-refractivity contribution in [3.05, 3.63) is 0 Å². The number of hydroxylamine groups is 2. The van der Waals surface area contributed by atoms with E-state index in [1.807, 2.05) is 20.8 Å². The Morgan fingerprint density at radius 3 is 2.30 bits per heavy atom. The van der Waals surface area contributed by atoms with Crippen LogP contribution in [0.2, 0.25) is 0 Å². The molecule has 1 aliphatic rings. The molecule has 1 heterocycles. The molecule has 116 valence electrons. The summed E-state index contributed by atoms with van der Waals surface area (Å²) >= 11 is 3.41. The molecule has 0 bridgehead atoms. The second-order valence-electron chi connectivity index (χ2n) is 6.05. The Labute approximate surface area is 129 Å². The van der Waals surface area contributed by atoms with Gasteiger partial charge in [-0.1, -0.05) is 15.9 Å². The maximum atomic E-state index is 11.8. The van der Waals surface area contributed by atoms with Crippen molar-refractivity contribution in [1.82, 2.24) is 5.06 Å². The summed E-state index contributed by atoms with van der Waals surface area (Å²) in [5.41, 5.74) is -0.500. The van der Waals surface area contributed by atoms with Crippen molar-refractivity contribution in [3.63, 3.8) is 0 Å². The lowest BCUT2D eigenvalue weighted by molar-refractivity contribution is -0.206. The van der Waals surface area contributed by atoms with Gasteiger partial charge in [-0.15, -0.1) is 5.06 Å². The van der Waals surface area contributed by atoms with Crippen LogP contribution in [-0.2, 0) is 19.2 Å². The number of rotatable bonds is 4. The van der Waals surface area contributed by atoms with Crippen LogP contribution in [0.1, 0.15) is 40.5 Å². The van der Waals surface area contributed by atoms with E-state index in [2.05, 4.69) is 15.9 Å². The van der Waals surface area contributed by atoms with Crippen LogP contribution in [0.5, 0.6) is 0 Å². The van der Waals surface area contributed by atoms with Crippen LogP contribution in [0.3, 0.4) is 0 Å². The summed E-state index contributed by atoms with van der Waals surface area (Å²) in [4.78, 5) is 28.5. The van der Waals surface area contributed by atoms with Crippen molar-refractivity contribution in [2.45, 2.75) is 45.4 Å².